The SMILES string of the molecule is CCCNCc1ccncc1Oc1cccc(Cl)c1F. The summed E-state index contributed by atoms with van der Waals surface area (Å²) in [6.45, 7) is 3.65. The lowest BCUT2D eigenvalue weighted by Crippen LogP contribution is -2.14. The van der Waals surface area contributed by atoms with E-state index in [4.69, 9.17) is 16.3 Å². The second-order valence-electron chi connectivity index (χ2n) is 4.31. The monoisotopic (exact) mass is 294 g/mol. The Morgan fingerprint density at radius 1 is 1.30 bits per heavy atom. The first-order valence-electron chi connectivity index (χ1n) is 6.48. The van der Waals surface area contributed by atoms with Gasteiger partial charge < -0.3 is 10.1 Å². The van der Waals surface area contributed by atoms with Gasteiger partial charge in [0.15, 0.2) is 11.6 Å². The van der Waals surface area contributed by atoms with Crippen LogP contribution in [0.3, 0.4) is 0 Å². The average molecular weight is 295 g/mol. The van der Waals surface area contributed by atoms with Crippen LogP contribution in [0.1, 0.15) is 18.9 Å². The maximum atomic E-state index is 13.8. The summed E-state index contributed by atoms with van der Waals surface area (Å²) in [4.78, 5) is 4.01. The highest BCUT2D eigenvalue weighted by atomic mass is 35.5. The Kier molecular flexibility index (Phi) is 5.32. The van der Waals surface area contributed by atoms with Gasteiger partial charge in [-0.2, -0.15) is 0 Å². The van der Waals surface area contributed by atoms with Crippen LogP contribution in [0.2, 0.25) is 5.02 Å². The molecule has 0 aliphatic carbocycles. The molecule has 0 radical (unpaired) electrons. The van der Waals surface area contributed by atoms with Crippen molar-refractivity contribution in [3.8, 4) is 11.5 Å². The fourth-order valence-corrected chi connectivity index (χ4v) is 1.89. The lowest BCUT2D eigenvalue weighted by atomic mass is 10.2. The maximum Gasteiger partial charge on any atom is 0.184 e. The van der Waals surface area contributed by atoms with Crippen molar-refractivity contribution in [3.63, 3.8) is 0 Å². The van der Waals surface area contributed by atoms with E-state index >= 15 is 0 Å². The van der Waals surface area contributed by atoms with Gasteiger partial charge in [0.2, 0.25) is 0 Å². The number of nitrogens with one attached hydrogen (secondary N) is 1. The van der Waals surface area contributed by atoms with Gasteiger partial charge in [0.1, 0.15) is 5.75 Å². The number of rotatable bonds is 6. The molecule has 106 valence electrons. The summed E-state index contributed by atoms with van der Waals surface area (Å²) in [6, 6.07) is 6.51. The molecular formula is C15H16ClFN2O. The van der Waals surface area contributed by atoms with Gasteiger partial charge in [0.05, 0.1) is 11.2 Å². The van der Waals surface area contributed by atoms with Gasteiger partial charge in [-0.1, -0.05) is 24.6 Å². The minimum absolute atomic E-state index is 0.0389. The van der Waals surface area contributed by atoms with Crippen LogP contribution in [-0.2, 0) is 6.54 Å². The molecule has 2 aromatic rings. The van der Waals surface area contributed by atoms with Crippen molar-refractivity contribution < 1.29 is 9.13 Å². The molecule has 1 aromatic carbocycles. The normalized spacial score (nSPS) is 10.6. The molecule has 5 heteroatoms. The van der Waals surface area contributed by atoms with Gasteiger partial charge in [-0.05, 0) is 31.2 Å². The third kappa shape index (κ3) is 3.68. The summed E-state index contributed by atoms with van der Waals surface area (Å²) in [5.74, 6) is 0.0602. The third-order valence-corrected chi connectivity index (χ3v) is 3.04. The smallest absolute Gasteiger partial charge is 0.184 e. The highest BCUT2D eigenvalue weighted by molar-refractivity contribution is 6.30. The van der Waals surface area contributed by atoms with E-state index in [0.717, 1.165) is 18.5 Å². The molecular weight excluding hydrogens is 279 g/mol. The largest absolute Gasteiger partial charge is 0.452 e. The predicted octanol–water partition coefficient (Wildman–Crippen LogP) is 4.17. The molecule has 3 nitrogen and oxygen atoms in total. The van der Waals surface area contributed by atoms with Crippen molar-refractivity contribution in [2.75, 3.05) is 6.54 Å². The second kappa shape index (κ2) is 7.22. The molecule has 0 bridgehead atoms. The fourth-order valence-electron chi connectivity index (χ4n) is 1.73. The lowest BCUT2D eigenvalue weighted by molar-refractivity contribution is 0.434. The van der Waals surface area contributed by atoms with Gasteiger partial charge in [-0.25, -0.2) is 4.39 Å². The molecule has 0 aliphatic rings. The zero-order valence-electron chi connectivity index (χ0n) is 11.2. The van der Waals surface area contributed by atoms with Crippen molar-refractivity contribution in [1.82, 2.24) is 10.3 Å². The highest BCUT2D eigenvalue weighted by Gasteiger charge is 2.11. The third-order valence-electron chi connectivity index (χ3n) is 2.75. The van der Waals surface area contributed by atoms with Crippen LogP contribution in [0.15, 0.2) is 36.7 Å². The van der Waals surface area contributed by atoms with Gasteiger partial charge in [0, 0.05) is 18.3 Å². The molecule has 0 amide bonds. The van der Waals surface area contributed by atoms with E-state index in [1.165, 1.54) is 12.1 Å². The Hall–Kier alpha value is -1.65. The van der Waals surface area contributed by atoms with E-state index < -0.39 is 5.82 Å². The van der Waals surface area contributed by atoms with Crippen molar-refractivity contribution in [1.29, 1.82) is 0 Å². The Bertz CT molecular complexity index is 578. The van der Waals surface area contributed by atoms with Crippen molar-refractivity contribution in [2.24, 2.45) is 0 Å². The maximum absolute atomic E-state index is 13.8. The molecule has 0 spiro atoms. The summed E-state index contributed by atoms with van der Waals surface area (Å²) in [6.07, 6.45) is 4.30. The Labute approximate surface area is 122 Å². The number of nitrogens with zero attached hydrogens (tertiary/aromatic N) is 1. The molecule has 1 heterocycles. The number of benzene rings is 1. The molecule has 0 unspecified atom stereocenters. The van der Waals surface area contributed by atoms with Crippen molar-refractivity contribution in [2.45, 2.75) is 19.9 Å². The molecule has 0 fully saturated rings. The number of halogens is 2. The number of hydrogen-bond acceptors (Lipinski definition) is 3. The zero-order valence-corrected chi connectivity index (χ0v) is 12.0. The van der Waals surface area contributed by atoms with Gasteiger partial charge >= 0.3 is 0 Å². The molecule has 0 aliphatic heterocycles. The van der Waals surface area contributed by atoms with E-state index in [2.05, 4.69) is 17.2 Å². The van der Waals surface area contributed by atoms with Gasteiger partial charge in [-0.15, -0.1) is 0 Å². The second-order valence-corrected chi connectivity index (χ2v) is 4.72. The van der Waals surface area contributed by atoms with Gasteiger partial charge in [0.25, 0.3) is 0 Å². The zero-order chi connectivity index (χ0) is 14.4. The molecule has 2 rings (SSSR count). The lowest BCUT2D eigenvalue weighted by Gasteiger charge is -2.12. The standard InChI is InChI=1S/C15H16ClFN2O/c1-2-7-18-9-11-6-8-19-10-14(11)20-13-5-3-4-12(16)15(13)17/h3-6,8,10,18H,2,7,9H2,1H3. The number of ether oxygens (including phenoxy) is 1. The Balaban J connectivity index is 2.18. The highest BCUT2D eigenvalue weighted by Crippen LogP contribution is 2.30. The van der Waals surface area contributed by atoms with E-state index in [1.54, 1.807) is 18.5 Å². The molecule has 20 heavy (non-hydrogen) atoms. The van der Waals surface area contributed by atoms with Crippen LogP contribution >= 0.6 is 11.6 Å². The summed E-state index contributed by atoms with van der Waals surface area (Å²) < 4.78 is 19.4. The van der Waals surface area contributed by atoms with Crippen LogP contribution in [0.25, 0.3) is 0 Å². The summed E-state index contributed by atoms with van der Waals surface area (Å²) in [5, 5.41) is 3.31. The van der Waals surface area contributed by atoms with Crippen LogP contribution in [0.4, 0.5) is 4.39 Å². The van der Waals surface area contributed by atoms with Crippen LogP contribution in [-0.4, -0.2) is 11.5 Å². The van der Waals surface area contributed by atoms with Crippen LogP contribution in [0, 0.1) is 5.82 Å². The van der Waals surface area contributed by atoms with E-state index in [0.29, 0.717) is 12.3 Å². The molecule has 1 aromatic heterocycles. The van der Waals surface area contributed by atoms with E-state index in [-0.39, 0.29) is 10.8 Å². The van der Waals surface area contributed by atoms with Crippen LogP contribution < -0.4 is 10.1 Å². The molecule has 0 saturated heterocycles. The minimum Gasteiger partial charge on any atom is -0.452 e. The first-order valence-corrected chi connectivity index (χ1v) is 6.85. The van der Waals surface area contributed by atoms with E-state index in [1.807, 2.05) is 6.07 Å². The molecule has 0 saturated carbocycles. The first-order chi connectivity index (χ1) is 9.72. The van der Waals surface area contributed by atoms with Crippen molar-refractivity contribution >= 4 is 11.6 Å². The summed E-state index contributed by atoms with van der Waals surface area (Å²) >= 11 is 5.74. The van der Waals surface area contributed by atoms with Gasteiger partial charge in [-0.3, -0.25) is 4.98 Å². The Morgan fingerprint density at radius 2 is 2.15 bits per heavy atom. The minimum atomic E-state index is -0.564. The van der Waals surface area contributed by atoms with E-state index in [9.17, 15) is 4.39 Å². The number of pyridine rings is 1. The average Bonchev–Trinajstić information content (AvgIpc) is 2.46. The fraction of sp³-hybridized carbons (Fsp3) is 0.267. The van der Waals surface area contributed by atoms with Crippen LogP contribution in [0.5, 0.6) is 11.5 Å². The first kappa shape index (κ1) is 14.8. The summed E-state index contributed by atoms with van der Waals surface area (Å²) in [5.41, 5.74) is 0.924. The molecule has 1 N–H and O–H groups in total. The predicted molar refractivity (Wildman–Crippen MR) is 77.7 cm³/mol. The Morgan fingerprint density at radius 3 is 2.95 bits per heavy atom. The number of hydrogen-bond donors (Lipinski definition) is 1. The number of aromatic nitrogens is 1. The molecule has 0 atom stereocenters. The quantitative estimate of drug-likeness (QED) is 0.812. The topological polar surface area (TPSA) is 34.2 Å². The summed E-state index contributed by atoms with van der Waals surface area (Å²) in [7, 11) is 0. The van der Waals surface area contributed by atoms with Crippen molar-refractivity contribution in [3.05, 3.63) is 53.1 Å².